The van der Waals surface area contributed by atoms with Crippen LogP contribution in [-0.2, 0) is 14.3 Å². The van der Waals surface area contributed by atoms with Crippen LogP contribution in [0.3, 0.4) is 0 Å². The van der Waals surface area contributed by atoms with E-state index in [4.69, 9.17) is 5.11 Å². The van der Waals surface area contributed by atoms with Crippen LogP contribution in [-0.4, -0.2) is 55.2 Å². The Bertz CT molecular complexity index is 333. The summed E-state index contributed by atoms with van der Waals surface area (Å²) in [6.45, 7) is 2.55. The van der Waals surface area contributed by atoms with Crippen molar-refractivity contribution < 1.29 is 24.2 Å². The van der Waals surface area contributed by atoms with Crippen LogP contribution in [0.5, 0.6) is 0 Å². The number of rotatable bonds is 9. The SMILES string of the molecule is COC(=O)CCCN(C)C(=O)NCCCC(C)C(=O)O. The number of amides is 2. The number of hydrogen-bond donors (Lipinski definition) is 2. The van der Waals surface area contributed by atoms with Crippen LogP contribution in [0.2, 0.25) is 0 Å². The van der Waals surface area contributed by atoms with Gasteiger partial charge in [-0.15, -0.1) is 0 Å². The van der Waals surface area contributed by atoms with Crippen molar-refractivity contribution >= 4 is 18.0 Å². The molecule has 0 rings (SSSR count). The largest absolute Gasteiger partial charge is 0.481 e. The predicted octanol–water partition coefficient (Wildman–Crippen LogP) is 1.08. The van der Waals surface area contributed by atoms with E-state index in [1.165, 1.54) is 12.0 Å². The summed E-state index contributed by atoms with van der Waals surface area (Å²) in [5, 5.41) is 11.4. The number of urea groups is 1. The molecule has 2 amide bonds. The second-order valence-corrected chi connectivity index (χ2v) is 4.71. The quantitative estimate of drug-likeness (QED) is 0.489. The minimum atomic E-state index is -0.823. The van der Waals surface area contributed by atoms with E-state index >= 15 is 0 Å². The molecule has 116 valence electrons. The highest BCUT2D eigenvalue weighted by Crippen LogP contribution is 2.04. The molecule has 0 heterocycles. The lowest BCUT2D eigenvalue weighted by molar-refractivity contribution is -0.142. The summed E-state index contributed by atoms with van der Waals surface area (Å²) in [7, 11) is 2.98. The van der Waals surface area contributed by atoms with Gasteiger partial charge in [0.1, 0.15) is 0 Å². The average Bonchev–Trinajstić information content (AvgIpc) is 2.42. The van der Waals surface area contributed by atoms with Crippen molar-refractivity contribution in [3.8, 4) is 0 Å². The molecule has 7 heteroatoms. The Balaban J connectivity index is 3.70. The van der Waals surface area contributed by atoms with Gasteiger partial charge in [0.2, 0.25) is 0 Å². The van der Waals surface area contributed by atoms with E-state index in [0.29, 0.717) is 32.4 Å². The maximum absolute atomic E-state index is 11.6. The lowest BCUT2D eigenvalue weighted by Crippen LogP contribution is -2.38. The van der Waals surface area contributed by atoms with Gasteiger partial charge in [0.25, 0.3) is 0 Å². The molecule has 0 spiro atoms. The molecule has 20 heavy (non-hydrogen) atoms. The lowest BCUT2D eigenvalue weighted by Gasteiger charge is -2.17. The summed E-state index contributed by atoms with van der Waals surface area (Å²) in [4.78, 5) is 34.6. The first-order chi connectivity index (χ1) is 9.38. The summed E-state index contributed by atoms with van der Waals surface area (Å²) in [6.07, 6.45) is 1.98. The Morgan fingerprint density at radius 3 is 2.50 bits per heavy atom. The predicted molar refractivity (Wildman–Crippen MR) is 73.3 cm³/mol. The van der Waals surface area contributed by atoms with Crippen LogP contribution >= 0.6 is 0 Å². The van der Waals surface area contributed by atoms with Crippen molar-refractivity contribution in [2.24, 2.45) is 5.92 Å². The zero-order valence-corrected chi connectivity index (χ0v) is 12.3. The standard InChI is InChI=1S/C13H24N2O5/c1-10(12(17)18)6-4-8-14-13(19)15(2)9-5-7-11(16)20-3/h10H,4-9H2,1-3H3,(H,14,19)(H,17,18). The maximum atomic E-state index is 11.6. The second kappa shape index (κ2) is 10.1. The molecule has 2 N–H and O–H groups in total. The highest BCUT2D eigenvalue weighted by atomic mass is 16.5. The normalized spacial score (nSPS) is 11.6. The van der Waals surface area contributed by atoms with E-state index in [1.54, 1.807) is 14.0 Å². The van der Waals surface area contributed by atoms with Crippen LogP contribution in [0.4, 0.5) is 4.79 Å². The molecule has 0 saturated carbocycles. The Labute approximate surface area is 119 Å². The summed E-state index contributed by atoms with van der Waals surface area (Å²) < 4.78 is 4.51. The first kappa shape index (κ1) is 18.2. The van der Waals surface area contributed by atoms with E-state index in [1.807, 2.05) is 0 Å². The molecule has 0 aliphatic carbocycles. The smallest absolute Gasteiger partial charge is 0.317 e. The molecule has 1 atom stereocenters. The van der Waals surface area contributed by atoms with Gasteiger partial charge in [-0.1, -0.05) is 6.92 Å². The van der Waals surface area contributed by atoms with Crippen molar-refractivity contribution in [2.75, 3.05) is 27.2 Å². The van der Waals surface area contributed by atoms with E-state index in [9.17, 15) is 14.4 Å². The number of carbonyl (C=O) groups excluding carboxylic acids is 2. The van der Waals surface area contributed by atoms with Crippen LogP contribution in [0.15, 0.2) is 0 Å². The van der Waals surface area contributed by atoms with Gasteiger partial charge in [-0.2, -0.15) is 0 Å². The number of ether oxygens (including phenoxy) is 1. The molecule has 1 unspecified atom stereocenters. The fraction of sp³-hybridized carbons (Fsp3) is 0.769. The van der Waals surface area contributed by atoms with Gasteiger partial charge in [-0.05, 0) is 19.3 Å². The molecule has 0 saturated heterocycles. The van der Waals surface area contributed by atoms with Crippen LogP contribution in [0.1, 0.15) is 32.6 Å². The third kappa shape index (κ3) is 8.34. The molecular weight excluding hydrogens is 264 g/mol. The van der Waals surface area contributed by atoms with Gasteiger partial charge < -0.3 is 20.1 Å². The van der Waals surface area contributed by atoms with Gasteiger partial charge in [0.15, 0.2) is 0 Å². The van der Waals surface area contributed by atoms with Crippen LogP contribution in [0.25, 0.3) is 0 Å². The number of esters is 1. The van der Waals surface area contributed by atoms with Gasteiger partial charge in [0.05, 0.1) is 13.0 Å². The van der Waals surface area contributed by atoms with Gasteiger partial charge >= 0.3 is 18.0 Å². The van der Waals surface area contributed by atoms with Crippen molar-refractivity contribution in [3.63, 3.8) is 0 Å². The fourth-order valence-electron chi connectivity index (χ4n) is 1.53. The number of methoxy groups -OCH3 is 1. The lowest BCUT2D eigenvalue weighted by atomic mass is 10.1. The molecule has 0 aliphatic rings. The molecule has 0 bridgehead atoms. The minimum absolute atomic E-state index is 0.224. The molecule has 7 nitrogen and oxygen atoms in total. The van der Waals surface area contributed by atoms with Crippen LogP contribution < -0.4 is 5.32 Å². The van der Waals surface area contributed by atoms with Gasteiger partial charge in [-0.25, -0.2) is 4.79 Å². The molecule has 0 aromatic rings. The molecule has 0 aromatic heterocycles. The number of carbonyl (C=O) groups is 3. The van der Waals surface area contributed by atoms with Crippen molar-refractivity contribution in [1.82, 2.24) is 10.2 Å². The Morgan fingerprint density at radius 2 is 1.95 bits per heavy atom. The fourth-order valence-corrected chi connectivity index (χ4v) is 1.53. The Kier molecular flexibility index (Phi) is 9.15. The van der Waals surface area contributed by atoms with Gasteiger partial charge in [0, 0.05) is 26.6 Å². The number of hydrogen-bond acceptors (Lipinski definition) is 4. The highest BCUT2D eigenvalue weighted by molar-refractivity contribution is 5.74. The van der Waals surface area contributed by atoms with E-state index < -0.39 is 11.9 Å². The molecule has 0 fully saturated rings. The number of nitrogens with one attached hydrogen (secondary N) is 1. The summed E-state index contributed by atoms with van der Waals surface area (Å²) in [6, 6.07) is -0.224. The third-order valence-corrected chi connectivity index (χ3v) is 2.96. The molecule has 0 aromatic carbocycles. The Hall–Kier alpha value is -1.79. The van der Waals surface area contributed by atoms with Crippen LogP contribution in [0, 0.1) is 5.92 Å². The molecular formula is C13H24N2O5. The number of carboxylic acid groups (broad SMARTS) is 1. The first-order valence-electron chi connectivity index (χ1n) is 6.67. The molecule has 0 aliphatic heterocycles. The van der Waals surface area contributed by atoms with Gasteiger partial charge in [-0.3, -0.25) is 9.59 Å². The van der Waals surface area contributed by atoms with Crippen molar-refractivity contribution in [1.29, 1.82) is 0 Å². The number of nitrogens with zero attached hydrogens (tertiary/aromatic N) is 1. The zero-order chi connectivity index (χ0) is 15.5. The minimum Gasteiger partial charge on any atom is -0.481 e. The summed E-state index contributed by atoms with van der Waals surface area (Å²) in [5.41, 5.74) is 0. The zero-order valence-electron chi connectivity index (χ0n) is 12.3. The summed E-state index contributed by atoms with van der Waals surface area (Å²) >= 11 is 0. The topological polar surface area (TPSA) is 95.9 Å². The van der Waals surface area contributed by atoms with Crippen molar-refractivity contribution in [2.45, 2.75) is 32.6 Å². The highest BCUT2D eigenvalue weighted by Gasteiger charge is 2.11. The van der Waals surface area contributed by atoms with E-state index in [-0.39, 0.29) is 18.4 Å². The van der Waals surface area contributed by atoms with E-state index in [0.717, 1.165) is 0 Å². The maximum Gasteiger partial charge on any atom is 0.317 e. The third-order valence-electron chi connectivity index (χ3n) is 2.96. The van der Waals surface area contributed by atoms with E-state index in [2.05, 4.69) is 10.1 Å². The number of carboxylic acids is 1. The summed E-state index contributed by atoms with van der Waals surface area (Å²) in [5.74, 6) is -1.51. The molecule has 0 radical (unpaired) electrons. The van der Waals surface area contributed by atoms with Crippen molar-refractivity contribution in [3.05, 3.63) is 0 Å². The monoisotopic (exact) mass is 288 g/mol. The first-order valence-corrected chi connectivity index (χ1v) is 6.67. The average molecular weight is 288 g/mol. The second-order valence-electron chi connectivity index (χ2n) is 4.71. The Morgan fingerprint density at radius 1 is 1.30 bits per heavy atom. The number of aliphatic carboxylic acids is 1.